The molecule has 5 rings (SSSR count). The molecule has 0 unspecified atom stereocenters. The number of nitrogens with one attached hydrogen (secondary N) is 1. The fraction of sp³-hybridized carbons (Fsp3) is 0.154. The molecule has 0 spiro atoms. The van der Waals surface area contributed by atoms with Crippen molar-refractivity contribution in [2.75, 3.05) is 5.32 Å². The van der Waals surface area contributed by atoms with E-state index in [1.54, 1.807) is 25.3 Å². The van der Waals surface area contributed by atoms with Crippen molar-refractivity contribution in [3.05, 3.63) is 94.4 Å². The van der Waals surface area contributed by atoms with E-state index in [1.807, 2.05) is 6.92 Å². The average molecular weight is 506 g/mol. The molecule has 37 heavy (non-hydrogen) atoms. The van der Waals surface area contributed by atoms with Crippen LogP contribution in [-0.4, -0.2) is 19.5 Å². The highest BCUT2D eigenvalue weighted by atomic mass is 19.4. The summed E-state index contributed by atoms with van der Waals surface area (Å²) in [4.78, 5) is 15.4. The third-order valence-corrected chi connectivity index (χ3v) is 5.72. The van der Waals surface area contributed by atoms with Gasteiger partial charge in [-0.3, -0.25) is 0 Å². The number of alkyl halides is 3. The first kappa shape index (κ1) is 24.0. The van der Waals surface area contributed by atoms with Gasteiger partial charge in [0.2, 0.25) is 5.88 Å². The van der Waals surface area contributed by atoms with Gasteiger partial charge in [0.15, 0.2) is 11.6 Å². The van der Waals surface area contributed by atoms with Crippen LogP contribution in [0.3, 0.4) is 0 Å². The number of fused-ring (bicyclic) bond motifs is 1. The molecule has 1 N–H and O–H groups in total. The minimum atomic E-state index is -4.62. The van der Waals surface area contributed by atoms with Crippen LogP contribution >= 0.6 is 0 Å². The summed E-state index contributed by atoms with van der Waals surface area (Å²) < 4.78 is 63.0. The average Bonchev–Trinajstić information content (AvgIpc) is 3.46. The summed E-state index contributed by atoms with van der Waals surface area (Å²) in [5.41, 5.74) is 1.98. The highest BCUT2D eigenvalue weighted by Gasteiger charge is 2.31. The molecule has 11 heteroatoms. The molecule has 2 heterocycles. The highest BCUT2D eigenvalue weighted by Crippen LogP contribution is 2.40. The highest BCUT2D eigenvalue weighted by molar-refractivity contribution is 5.76. The van der Waals surface area contributed by atoms with Crippen LogP contribution in [0, 0.1) is 19.3 Å². The summed E-state index contributed by atoms with van der Waals surface area (Å²) in [5, 5.41) is 2.76. The van der Waals surface area contributed by atoms with E-state index in [-0.39, 0.29) is 34.5 Å². The fourth-order valence-corrected chi connectivity index (χ4v) is 4.03. The molecule has 0 amide bonds. The topological polar surface area (TPSA) is 69.2 Å². The Morgan fingerprint density at radius 3 is 2.62 bits per heavy atom. The van der Waals surface area contributed by atoms with Crippen molar-refractivity contribution in [1.29, 1.82) is 0 Å². The summed E-state index contributed by atoms with van der Waals surface area (Å²) in [5.74, 6) is -1.04. The second kappa shape index (κ2) is 9.05. The maximum absolute atomic E-state index is 15.1. The molecule has 0 saturated carbocycles. The normalized spacial score (nSPS) is 12.6. The van der Waals surface area contributed by atoms with E-state index in [1.165, 1.54) is 23.0 Å². The molecule has 0 fully saturated rings. The molecular weight excluding hydrogens is 488 g/mol. The van der Waals surface area contributed by atoms with Crippen LogP contribution in [0.1, 0.15) is 29.3 Å². The van der Waals surface area contributed by atoms with Gasteiger partial charge >= 0.3 is 6.18 Å². The summed E-state index contributed by atoms with van der Waals surface area (Å²) in [6.45, 7) is 11.2. The van der Waals surface area contributed by atoms with Gasteiger partial charge in [0.1, 0.15) is 12.1 Å². The van der Waals surface area contributed by atoms with Crippen LogP contribution in [0.4, 0.5) is 34.8 Å². The lowest BCUT2D eigenvalue weighted by atomic mass is 10.1. The standard InChI is InChI=1S/C26H18F4N6O/c1-14-6-16-4-5-21(22(27)20(16)7-14)37-25-23(31-3)24(32-12-33-25)35-18-8-17(26(28,29)30)9-19(10-18)36-11-15(2)34-13-36/h4-5,7-13H,6H2,1-2H3,(H,32,33,35). The molecule has 2 aromatic carbocycles. The van der Waals surface area contributed by atoms with Crippen LogP contribution in [0.5, 0.6) is 11.6 Å². The minimum Gasteiger partial charge on any atom is -0.446 e. The Labute approximate surface area is 208 Å². The Kier molecular flexibility index (Phi) is 5.87. The van der Waals surface area contributed by atoms with E-state index in [0.29, 0.717) is 17.7 Å². The van der Waals surface area contributed by atoms with Gasteiger partial charge < -0.3 is 14.6 Å². The van der Waals surface area contributed by atoms with Crippen LogP contribution in [-0.2, 0) is 12.6 Å². The first-order valence-corrected chi connectivity index (χ1v) is 11.0. The summed E-state index contributed by atoms with van der Waals surface area (Å²) >= 11 is 0. The van der Waals surface area contributed by atoms with Gasteiger partial charge in [0.05, 0.1) is 24.2 Å². The second-order valence-electron chi connectivity index (χ2n) is 8.52. The smallest absolute Gasteiger partial charge is 0.416 e. The third kappa shape index (κ3) is 4.73. The Bertz CT molecular complexity index is 1600. The summed E-state index contributed by atoms with van der Waals surface area (Å²) in [6, 6.07) is 6.54. The van der Waals surface area contributed by atoms with Gasteiger partial charge in [-0.15, -0.1) is 0 Å². The van der Waals surface area contributed by atoms with E-state index >= 15 is 4.39 Å². The molecule has 186 valence electrons. The Hall–Kier alpha value is -4.72. The molecule has 0 saturated heterocycles. The molecule has 7 nitrogen and oxygen atoms in total. The van der Waals surface area contributed by atoms with E-state index in [2.05, 4.69) is 25.1 Å². The van der Waals surface area contributed by atoms with Gasteiger partial charge in [-0.25, -0.2) is 24.2 Å². The second-order valence-corrected chi connectivity index (χ2v) is 8.52. The van der Waals surface area contributed by atoms with Crippen molar-refractivity contribution in [1.82, 2.24) is 19.5 Å². The van der Waals surface area contributed by atoms with Crippen molar-refractivity contribution in [2.24, 2.45) is 0 Å². The van der Waals surface area contributed by atoms with Gasteiger partial charge in [0, 0.05) is 23.1 Å². The van der Waals surface area contributed by atoms with Crippen molar-refractivity contribution >= 4 is 23.3 Å². The quantitative estimate of drug-likeness (QED) is 0.230. The molecule has 0 aliphatic heterocycles. The molecule has 2 aromatic heterocycles. The largest absolute Gasteiger partial charge is 0.446 e. The number of imidazole rings is 1. The zero-order valence-electron chi connectivity index (χ0n) is 19.6. The lowest BCUT2D eigenvalue weighted by Gasteiger charge is -2.15. The van der Waals surface area contributed by atoms with Crippen LogP contribution in [0.15, 0.2) is 54.8 Å². The number of rotatable bonds is 5. The number of aromatic nitrogens is 4. The fourth-order valence-electron chi connectivity index (χ4n) is 4.03. The SMILES string of the molecule is [C-]#[N+]c1c(Nc2cc(-n3cnc(C)c3)cc(C(F)(F)F)c2)ncnc1Oc1ccc2c(c1F)C=C(C)C2. The number of anilines is 2. The number of hydrogen-bond acceptors (Lipinski definition) is 5. The first-order valence-electron chi connectivity index (χ1n) is 11.0. The van der Waals surface area contributed by atoms with E-state index < -0.39 is 17.6 Å². The number of halogens is 4. The lowest BCUT2D eigenvalue weighted by molar-refractivity contribution is -0.137. The molecule has 0 bridgehead atoms. The molecule has 1 aliphatic carbocycles. The number of ether oxygens (including phenoxy) is 1. The number of nitrogens with zero attached hydrogens (tertiary/aromatic N) is 5. The van der Waals surface area contributed by atoms with Crippen LogP contribution in [0.25, 0.3) is 16.6 Å². The minimum absolute atomic E-state index is 0.0232. The summed E-state index contributed by atoms with van der Waals surface area (Å²) in [6.07, 6.45) is 1.81. The molecule has 0 atom stereocenters. The predicted octanol–water partition coefficient (Wildman–Crippen LogP) is 7.17. The van der Waals surface area contributed by atoms with Gasteiger partial charge in [-0.2, -0.15) is 13.2 Å². The Morgan fingerprint density at radius 1 is 1.11 bits per heavy atom. The number of hydrogen-bond donors (Lipinski definition) is 1. The number of aryl methyl sites for hydroxylation is 1. The maximum Gasteiger partial charge on any atom is 0.416 e. The monoisotopic (exact) mass is 506 g/mol. The van der Waals surface area contributed by atoms with E-state index in [0.717, 1.165) is 29.6 Å². The van der Waals surface area contributed by atoms with E-state index in [9.17, 15) is 13.2 Å². The summed E-state index contributed by atoms with van der Waals surface area (Å²) in [7, 11) is 0. The maximum atomic E-state index is 15.1. The van der Waals surface area contributed by atoms with Crippen LogP contribution in [0.2, 0.25) is 0 Å². The van der Waals surface area contributed by atoms with Gasteiger partial charge in [0.25, 0.3) is 5.69 Å². The van der Waals surface area contributed by atoms with Crippen molar-refractivity contribution in [3.63, 3.8) is 0 Å². The molecule has 4 aromatic rings. The van der Waals surface area contributed by atoms with Gasteiger partial charge in [-0.1, -0.05) is 17.7 Å². The van der Waals surface area contributed by atoms with Gasteiger partial charge in [-0.05, 0) is 50.1 Å². The van der Waals surface area contributed by atoms with Crippen molar-refractivity contribution in [2.45, 2.75) is 26.4 Å². The first-order chi connectivity index (χ1) is 17.6. The third-order valence-electron chi connectivity index (χ3n) is 5.72. The number of allylic oxidation sites excluding steroid dienone is 1. The van der Waals surface area contributed by atoms with Crippen LogP contribution < -0.4 is 10.1 Å². The number of benzene rings is 2. The predicted molar refractivity (Wildman–Crippen MR) is 129 cm³/mol. The van der Waals surface area contributed by atoms with E-state index in [4.69, 9.17) is 11.3 Å². The van der Waals surface area contributed by atoms with Crippen molar-refractivity contribution < 1.29 is 22.3 Å². The Morgan fingerprint density at radius 2 is 1.92 bits per heavy atom. The van der Waals surface area contributed by atoms with Crippen molar-refractivity contribution in [3.8, 4) is 17.3 Å². The molecular formula is C26H18F4N6O. The Balaban J connectivity index is 1.52. The zero-order valence-corrected chi connectivity index (χ0v) is 19.6. The molecule has 1 aliphatic rings. The zero-order chi connectivity index (χ0) is 26.3. The molecule has 0 radical (unpaired) electrons. The lowest BCUT2D eigenvalue weighted by Crippen LogP contribution is -2.08.